The monoisotopic (exact) mass is 246 g/mol. The highest BCUT2D eigenvalue weighted by Crippen LogP contribution is 2.31. The average molecular weight is 246 g/mol. The van der Waals surface area contributed by atoms with Crippen LogP contribution in [0.25, 0.3) is 0 Å². The summed E-state index contributed by atoms with van der Waals surface area (Å²) < 4.78 is 0. The minimum Gasteiger partial charge on any atom is -0.304 e. The molecule has 1 aliphatic rings. The van der Waals surface area contributed by atoms with Gasteiger partial charge in [-0.25, -0.2) is 0 Å². The third-order valence-electron chi connectivity index (χ3n) is 4.67. The molecule has 0 radical (unpaired) electrons. The van der Waals surface area contributed by atoms with Crippen molar-refractivity contribution in [1.29, 1.82) is 0 Å². The molecule has 2 heteroatoms. The van der Waals surface area contributed by atoms with Gasteiger partial charge in [0.2, 0.25) is 0 Å². The highest BCUT2D eigenvalue weighted by atomic mass is 15.2. The standard InChI is InChI=1S/C16H26N2/c1-16(2,17(3)4)15-10-11-18(13-15)12-14-8-6-5-7-9-14/h5-9,15H,10-13H2,1-4H3. The highest BCUT2D eigenvalue weighted by molar-refractivity contribution is 5.14. The largest absolute Gasteiger partial charge is 0.304 e. The van der Waals surface area contributed by atoms with Gasteiger partial charge >= 0.3 is 0 Å². The minimum atomic E-state index is 0.297. The summed E-state index contributed by atoms with van der Waals surface area (Å²) in [6.07, 6.45) is 1.32. The number of rotatable bonds is 4. The van der Waals surface area contributed by atoms with Crippen molar-refractivity contribution in [2.45, 2.75) is 32.4 Å². The molecule has 0 aromatic heterocycles. The van der Waals surface area contributed by atoms with E-state index in [2.05, 4.69) is 68.1 Å². The fourth-order valence-corrected chi connectivity index (χ4v) is 2.76. The summed E-state index contributed by atoms with van der Waals surface area (Å²) in [5.74, 6) is 0.774. The van der Waals surface area contributed by atoms with Crippen molar-refractivity contribution >= 4 is 0 Å². The van der Waals surface area contributed by atoms with Crippen LogP contribution in [0.1, 0.15) is 25.8 Å². The van der Waals surface area contributed by atoms with Crippen LogP contribution in [0.2, 0.25) is 0 Å². The summed E-state index contributed by atoms with van der Waals surface area (Å²) in [6, 6.07) is 10.8. The number of nitrogens with zero attached hydrogens (tertiary/aromatic N) is 2. The van der Waals surface area contributed by atoms with Crippen LogP contribution in [0, 0.1) is 5.92 Å². The first-order chi connectivity index (χ1) is 8.50. The quantitative estimate of drug-likeness (QED) is 0.806. The Morgan fingerprint density at radius 3 is 2.50 bits per heavy atom. The van der Waals surface area contributed by atoms with Crippen molar-refractivity contribution in [3.8, 4) is 0 Å². The molecule has 1 unspecified atom stereocenters. The lowest BCUT2D eigenvalue weighted by Crippen LogP contribution is -2.46. The molecule has 1 fully saturated rings. The summed E-state index contributed by atoms with van der Waals surface area (Å²) >= 11 is 0. The van der Waals surface area contributed by atoms with Crippen molar-refractivity contribution in [2.24, 2.45) is 5.92 Å². The lowest BCUT2D eigenvalue weighted by atomic mass is 9.86. The van der Waals surface area contributed by atoms with Gasteiger partial charge in [-0.05, 0) is 52.4 Å². The highest BCUT2D eigenvalue weighted by Gasteiger charge is 2.36. The van der Waals surface area contributed by atoms with Crippen LogP contribution < -0.4 is 0 Å². The summed E-state index contributed by atoms with van der Waals surface area (Å²) in [6.45, 7) is 8.28. The van der Waals surface area contributed by atoms with E-state index in [0.717, 1.165) is 12.5 Å². The van der Waals surface area contributed by atoms with E-state index in [1.807, 2.05) is 0 Å². The molecular weight excluding hydrogens is 220 g/mol. The maximum Gasteiger partial charge on any atom is 0.0233 e. The first-order valence-corrected chi connectivity index (χ1v) is 6.94. The van der Waals surface area contributed by atoms with Crippen LogP contribution in [0.15, 0.2) is 30.3 Å². The van der Waals surface area contributed by atoms with Crippen LogP contribution >= 0.6 is 0 Å². The van der Waals surface area contributed by atoms with Gasteiger partial charge in [0.25, 0.3) is 0 Å². The summed E-state index contributed by atoms with van der Waals surface area (Å²) in [5.41, 5.74) is 1.73. The molecule has 2 nitrogen and oxygen atoms in total. The SMILES string of the molecule is CN(C)C(C)(C)C1CCN(Cc2ccccc2)C1. The van der Waals surface area contributed by atoms with Crippen molar-refractivity contribution in [3.63, 3.8) is 0 Å². The van der Waals surface area contributed by atoms with E-state index in [0.29, 0.717) is 5.54 Å². The van der Waals surface area contributed by atoms with E-state index in [1.54, 1.807) is 0 Å². The van der Waals surface area contributed by atoms with Crippen LogP contribution in [-0.2, 0) is 6.54 Å². The van der Waals surface area contributed by atoms with E-state index in [4.69, 9.17) is 0 Å². The fourth-order valence-electron chi connectivity index (χ4n) is 2.76. The third kappa shape index (κ3) is 2.93. The second-order valence-corrected chi connectivity index (χ2v) is 6.25. The van der Waals surface area contributed by atoms with Gasteiger partial charge in [-0.2, -0.15) is 0 Å². The van der Waals surface area contributed by atoms with Gasteiger partial charge in [-0.15, -0.1) is 0 Å². The van der Waals surface area contributed by atoms with E-state index in [9.17, 15) is 0 Å². The fraction of sp³-hybridized carbons (Fsp3) is 0.625. The number of hydrogen-bond donors (Lipinski definition) is 0. The van der Waals surface area contributed by atoms with Gasteiger partial charge in [0.05, 0.1) is 0 Å². The van der Waals surface area contributed by atoms with E-state index < -0.39 is 0 Å². The zero-order valence-corrected chi connectivity index (χ0v) is 12.2. The van der Waals surface area contributed by atoms with Crippen molar-refractivity contribution in [1.82, 2.24) is 9.80 Å². The Kier molecular flexibility index (Phi) is 4.08. The Hall–Kier alpha value is -0.860. The van der Waals surface area contributed by atoms with Gasteiger partial charge in [0, 0.05) is 18.6 Å². The zero-order valence-electron chi connectivity index (χ0n) is 12.2. The Morgan fingerprint density at radius 1 is 1.22 bits per heavy atom. The topological polar surface area (TPSA) is 6.48 Å². The van der Waals surface area contributed by atoms with Gasteiger partial charge in [-0.1, -0.05) is 30.3 Å². The molecule has 1 aromatic rings. The number of likely N-dealkylation sites (tertiary alicyclic amines) is 1. The molecule has 1 aromatic carbocycles. The molecule has 0 saturated carbocycles. The van der Waals surface area contributed by atoms with E-state index in [-0.39, 0.29) is 0 Å². The molecule has 0 aliphatic carbocycles. The lowest BCUT2D eigenvalue weighted by Gasteiger charge is -2.38. The van der Waals surface area contributed by atoms with Gasteiger partial charge in [-0.3, -0.25) is 4.90 Å². The molecule has 1 aliphatic heterocycles. The molecule has 1 heterocycles. The van der Waals surface area contributed by atoms with Gasteiger partial charge in [0.1, 0.15) is 0 Å². The maximum atomic E-state index is 2.59. The number of hydrogen-bond acceptors (Lipinski definition) is 2. The summed E-state index contributed by atoms with van der Waals surface area (Å²) in [7, 11) is 4.39. The molecule has 0 N–H and O–H groups in total. The van der Waals surface area contributed by atoms with Crippen molar-refractivity contribution in [2.75, 3.05) is 27.2 Å². The molecule has 0 spiro atoms. The Balaban J connectivity index is 1.93. The second kappa shape index (κ2) is 5.41. The second-order valence-electron chi connectivity index (χ2n) is 6.25. The third-order valence-corrected chi connectivity index (χ3v) is 4.67. The molecule has 100 valence electrons. The van der Waals surface area contributed by atoms with Crippen LogP contribution in [0.5, 0.6) is 0 Å². The first kappa shape index (κ1) is 13.6. The van der Waals surface area contributed by atoms with Crippen molar-refractivity contribution < 1.29 is 0 Å². The van der Waals surface area contributed by atoms with Crippen LogP contribution in [0.3, 0.4) is 0 Å². The summed E-state index contributed by atoms with van der Waals surface area (Å²) in [5, 5.41) is 0. The molecule has 2 rings (SSSR count). The average Bonchev–Trinajstić information content (AvgIpc) is 2.79. The molecule has 0 bridgehead atoms. The Bertz CT molecular complexity index is 370. The normalized spacial score (nSPS) is 21.7. The van der Waals surface area contributed by atoms with Gasteiger partial charge < -0.3 is 4.90 Å². The summed E-state index contributed by atoms with van der Waals surface area (Å²) in [4.78, 5) is 4.95. The Labute approximate surface area is 112 Å². The van der Waals surface area contributed by atoms with E-state index in [1.165, 1.54) is 25.1 Å². The molecule has 0 amide bonds. The smallest absolute Gasteiger partial charge is 0.0233 e. The number of benzene rings is 1. The van der Waals surface area contributed by atoms with Crippen LogP contribution in [-0.4, -0.2) is 42.5 Å². The molecule has 1 saturated heterocycles. The zero-order chi connectivity index (χ0) is 13.2. The lowest BCUT2D eigenvalue weighted by molar-refractivity contribution is 0.117. The van der Waals surface area contributed by atoms with Gasteiger partial charge in [0.15, 0.2) is 0 Å². The van der Waals surface area contributed by atoms with E-state index >= 15 is 0 Å². The first-order valence-electron chi connectivity index (χ1n) is 6.94. The Morgan fingerprint density at radius 2 is 1.89 bits per heavy atom. The van der Waals surface area contributed by atoms with Crippen molar-refractivity contribution in [3.05, 3.63) is 35.9 Å². The predicted octanol–water partition coefficient (Wildman–Crippen LogP) is 2.85. The molecule has 1 atom stereocenters. The predicted molar refractivity (Wildman–Crippen MR) is 77.6 cm³/mol. The molecular formula is C16H26N2. The maximum absolute atomic E-state index is 2.59. The molecule has 18 heavy (non-hydrogen) atoms. The van der Waals surface area contributed by atoms with Crippen LogP contribution in [0.4, 0.5) is 0 Å². The minimum absolute atomic E-state index is 0.297.